The lowest BCUT2D eigenvalue weighted by Crippen LogP contribution is -2.23. The molecule has 146 valence electrons. The maximum atomic E-state index is 12.5. The molecule has 27 heavy (non-hydrogen) atoms. The number of benzene rings is 2. The van der Waals surface area contributed by atoms with Crippen molar-refractivity contribution in [2.75, 3.05) is 19.0 Å². The van der Waals surface area contributed by atoms with Crippen LogP contribution in [0.15, 0.2) is 42.5 Å². The summed E-state index contributed by atoms with van der Waals surface area (Å²) in [6.45, 7) is 9.92. The van der Waals surface area contributed by atoms with Crippen molar-refractivity contribution in [3.8, 4) is 5.75 Å². The van der Waals surface area contributed by atoms with Gasteiger partial charge in [0.05, 0.1) is 7.11 Å². The van der Waals surface area contributed by atoms with Gasteiger partial charge in [0.1, 0.15) is 5.75 Å². The number of para-hydroxylation sites is 2. The van der Waals surface area contributed by atoms with Crippen molar-refractivity contribution in [2.24, 2.45) is 0 Å². The van der Waals surface area contributed by atoms with Gasteiger partial charge in [-0.1, -0.05) is 64.1 Å². The Bertz CT molecular complexity index is 728. The molecule has 0 atom stereocenters. The number of hydrogen-bond acceptors (Lipinski definition) is 3. The number of carbonyl (C=O) groups excluding carboxylic acids is 1. The second-order valence-corrected chi connectivity index (χ2v) is 7.41. The highest BCUT2D eigenvalue weighted by molar-refractivity contribution is 5.92. The summed E-state index contributed by atoms with van der Waals surface area (Å²) in [4.78, 5) is 12.5. The van der Waals surface area contributed by atoms with Crippen molar-refractivity contribution in [3.05, 3.63) is 59.2 Å². The average molecular weight is 369 g/mol. The minimum atomic E-state index is 0.0394. The zero-order valence-corrected chi connectivity index (χ0v) is 17.1. The normalized spacial score (nSPS) is 11.1. The van der Waals surface area contributed by atoms with E-state index in [2.05, 4.69) is 56.5 Å². The second kappa shape index (κ2) is 10.1. The number of rotatable bonds is 9. The Labute approximate surface area is 163 Å². The highest BCUT2D eigenvalue weighted by Crippen LogP contribution is 2.32. The smallest absolute Gasteiger partial charge is 0.225 e. The van der Waals surface area contributed by atoms with Gasteiger partial charge in [-0.05, 0) is 29.0 Å². The van der Waals surface area contributed by atoms with E-state index < -0.39 is 0 Å². The molecule has 4 nitrogen and oxygen atoms in total. The first-order valence-corrected chi connectivity index (χ1v) is 9.69. The SMILES string of the molecule is COc1ccccc1CNCCC(=O)Nc1c(C(C)C)cccc1C(C)C. The Hall–Kier alpha value is -2.33. The van der Waals surface area contributed by atoms with Gasteiger partial charge in [-0.3, -0.25) is 4.79 Å². The number of amides is 1. The maximum Gasteiger partial charge on any atom is 0.225 e. The van der Waals surface area contributed by atoms with Gasteiger partial charge in [-0.15, -0.1) is 0 Å². The second-order valence-electron chi connectivity index (χ2n) is 7.41. The molecule has 2 rings (SSSR count). The number of ether oxygens (including phenoxy) is 1. The lowest BCUT2D eigenvalue weighted by Gasteiger charge is -2.20. The molecule has 2 aromatic rings. The van der Waals surface area contributed by atoms with Crippen LogP contribution in [0.2, 0.25) is 0 Å². The Morgan fingerprint density at radius 2 is 1.59 bits per heavy atom. The van der Waals surface area contributed by atoms with E-state index in [9.17, 15) is 4.79 Å². The van der Waals surface area contributed by atoms with Gasteiger partial charge in [-0.2, -0.15) is 0 Å². The van der Waals surface area contributed by atoms with Crippen LogP contribution in [0.1, 0.15) is 62.6 Å². The molecule has 0 saturated heterocycles. The van der Waals surface area contributed by atoms with Crippen molar-refractivity contribution in [2.45, 2.75) is 52.5 Å². The molecule has 0 bridgehead atoms. The summed E-state index contributed by atoms with van der Waals surface area (Å²) in [5, 5.41) is 6.49. The summed E-state index contributed by atoms with van der Waals surface area (Å²) in [6, 6.07) is 14.2. The number of nitrogens with one attached hydrogen (secondary N) is 2. The lowest BCUT2D eigenvalue weighted by atomic mass is 9.92. The van der Waals surface area contributed by atoms with Gasteiger partial charge in [0.25, 0.3) is 0 Å². The molecule has 0 saturated carbocycles. The largest absolute Gasteiger partial charge is 0.496 e. The molecule has 0 heterocycles. The quantitative estimate of drug-likeness (QED) is 0.608. The first-order valence-electron chi connectivity index (χ1n) is 9.69. The van der Waals surface area contributed by atoms with Crippen LogP contribution in [-0.2, 0) is 11.3 Å². The summed E-state index contributed by atoms with van der Waals surface area (Å²) in [5.41, 5.74) is 4.46. The van der Waals surface area contributed by atoms with Crippen LogP contribution in [0.25, 0.3) is 0 Å². The molecule has 0 unspecified atom stereocenters. The van der Waals surface area contributed by atoms with E-state index >= 15 is 0 Å². The van der Waals surface area contributed by atoms with Crippen LogP contribution >= 0.6 is 0 Å². The average Bonchev–Trinajstić information content (AvgIpc) is 2.65. The Kier molecular flexibility index (Phi) is 7.86. The van der Waals surface area contributed by atoms with Gasteiger partial charge < -0.3 is 15.4 Å². The van der Waals surface area contributed by atoms with Gasteiger partial charge >= 0.3 is 0 Å². The third-order valence-corrected chi connectivity index (χ3v) is 4.67. The monoisotopic (exact) mass is 368 g/mol. The third kappa shape index (κ3) is 5.83. The van der Waals surface area contributed by atoms with Crippen LogP contribution < -0.4 is 15.4 Å². The van der Waals surface area contributed by atoms with Crippen molar-refractivity contribution < 1.29 is 9.53 Å². The Balaban J connectivity index is 1.94. The summed E-state index contributed by atoms with van der Waals surface area (Å²) in [6.07, 6.45) is 0.430. The predicted molar refractivity (Wildman–Crippen MR) is 113 cm³/mol. The zero-order valence-electron chi connectivity index (χ0n) is 17.1. The highest BCUT2D eigenvalue weighted by atomic mass is 16.5. The van der Waals surface area contributed by atoms with E-state index in [0.29, 0.717) is 31.3 Å². The summed E-state index contributed by atoms with van der Waals surface area (Å²) < 4.78 is 5.35. The number of hydrogen-bond donors (Lipinski definition) is 2. The molecular formula is C23H32N2O2. The molecule has 0 aliphatic carbocycles. The van der Waals surface area contributed by atoms with E-state index in [1.54, 1.807) is 7.11 Å². The molecule has 1 amide bonds. The molecule has 2 N–H and O–H groups in total. The standard InChI is InChI=1S/C23H32N2O2/c1-16(2)19-10-8-11-20(17(3)4)23(19)25-22(26)13-14-24-15-18-9-6-7-12-21(18)27-5/h6-12,16-17,24H,13-15H2,1-5H3,(H,25,26). The van der Waals surface area contributed by atoms with Crippen LogP contribution in [0, 0.1) is 0 Å². The van der Waals surface area contributed by atoms with Crippen molar-refractivity contribution >= 4 is 11.6 Å². The fourth-order valence-corrected chi connectivity index (χ4v) is 3.17. The highest BCUT2D eigenvalue weighted by Gasteiger charge is 2.15. The fraction of sp³-hybridized carbons (Fsp3) is 0.435. The van der Waals surface area contributed by atoms with Crippen LogP contribution in [0.5, 0.6) is 5.75 Å². The van der Waals surface area contributed by atoms with E-state index in [0.717, 1.165) is 17.0 Å². The minimum absolute atomic E-state index is 0.0394. The lowest BCUT2D eigenvalue weighted by molar-refractivity contribution is -0.116. The number of anilines is 1. The van der Waals surface area contributed by atoms with Crippen molar-refractivity contribution in [3.63, 3.8) is 0 Å². The zero-order chi connectivity index (χ0) is 19.8. The third-order valence-electron chi connectivity index (χ3n) is 4.67. The first-order chi connectivity index (χ1) is 12.9. The predicted octanol–water partition coefficient (Wildman–Crippen LogP) is 5.06. The molecule has 0 radical (unpaired) electrons. The molecule has 0 fully saturated rings. The first kappa shape index (κ1) is 21.0. The molecule has 0 aromatic heterocycles. The van der Waals surface area contributed by atoms with Crippen LogP contribution in [0.4, 0.5) is 5.69 Å². The summed E-state index contributed by atoms with van der Waals surface area (Å²) >= 11 is 0. The van der Waals surface area contributed by atoms with Gasteiger partial charge in [0, 0.05) is 30.8 Å². The van der Waals surface area contributed by atoms with Crippen LogP contribution in [0.3, 0.4) is 0 Å². The fourth-order valence-electron chi connectivity index (χ4n) is 3.17. The van der Waals surface area contributed by atoms with Crippen LogP contribution in [-0.4, -0.2) is 19.6 Å². The van der Waals surface area contributed by atoms with Crippen molar-refractivity contribution in [1.82, 2.24) is 5.32 Å². The minimum Gasteiger partial charge on any atom is -0.496 e. The molecule has 4 heteroatoms. The molecule has 0 aliphatic heterocycles. The maximum absolute atomic E-state index is 12.5. The molecule has 0 spiro atoms. The van der Waals surface area contributed by atoms with E-state index in [-0.39, 0.29) is 5.91 Å². The number of carbonyl (C=O) groups is 1. The Morgan fingerprint density at radius 1 is 0.963 bits per heavy atom. The number of methoxy groups -OCH3 is 1. The van der Waals surface area contributed by atoms with Gasteiger partial charge in [0.15, 0.2) is 0 Å². The molecule has 2 aromatic carbocycles. The van der Waals surface area contributed by atoms with E-state index in [4.69, 9.17) is 4.74 Å². The van der Waals surface area contributed by atoms with Crippen molar-refractivity contribution in [1.29, 1.82) is 0 Å². The summed E-state index contributed by atoms with van der Waals surface area (Å²) in [5.74, 6) is 1.63. The molecular weight excluding hydrogens is 336 g/mol. The Morgan fingerprint density at radius 3 is 2.19 bits per heavy atom. The summed E-state index contributed by atoms with van der Waals surface area (Å²) in [7, 11) is 1.67. The van der Waals surface area contributed by atoms with Gasteiger partial charge in [0.2, 0.25) is 5.91 Å². The van der Waals surface area contributed by atoms with E-state index in [1.807, 2.05) is 24.3 Å². The molecule has 0 aliphatic rings. The topological polar surface area (TPSA) is 50.4 Å². The van der Waals surface area contributed by atoms with Gasteiger partial charge in [-0.25, -0.2) is 0 Å². The van der Waals surface area contributed by atoms with E-state index in [1.165, 1.54) is 11.1 Å².